The Kier molecular flexibility index (Phi) is 17.2. The molecule has 14 nitrogen and oxygen atoms in total. The van der Waals surface area contributed by atoms with Gasteiger partial charge in [-0.15, -0.1) is 0 Å². The minimum Gasteiger partial charge on any atom is -0.480 e. The third-order valence-corrected chi connectivity index (χ3v) is 18.9. The highest BCUT2D eigenvalue weighted by molar-refractivity contribution is 6.48. The van der Waals surface area contributed by atoms with Crippen molar-refractivity contribution in [3.8, 4) is 6.07 Å². The third-order valence-electron chi connectivity index (χ3n) is 18.9. The van der Waals surface area contributed by atoms with E-state index in [0.29, 0.717) is 61.4 Å². The number of carbonyl (C=O) groups excluding carboxylic acids is 3. The molecule has 3 saturated heterocycles. The molecule has 2 aromatic rings. The number of nitrogens with one attached hydrogen (secondary N) is 2. The molecule has 10 aliphatic rings. The zero-order valence-electron chi connectivity index (χ0n) is 44.2. The Morgan fingerprint density at radius 3 is 1.62 bits per heavy atom. The monoisotopic (exact) mass is 1000 g/mol. The van der Waals surface area contributed by atoms with Crippen molar-refractivity contribution in [3.05, 3.63) is 83.2 Å². The molecule has 2 aromatic carbocycles. The maximum absolute atomic E-state index is 13.3. The van der Waals surface area contributed by atoms with Gasteiger partial charge in [-0.1, -0.05) is 108 Å². The van der Waals surface area contributed by atoms with E-state index in [1.807, 2.05) is 24.3 Å². The van der Waals surface area contributed by atoms with Gasteiger partial charge in [0.1, 0.15) is 6.42 Å². The van der Waals surface area contributed by atoms with E-state index in [2.05, 4.69) is 93.4 Å². The van der Waals surface area contributed by atoms with Gasteiger partial charge in [-0.25, -0.2) is 6.57 Å². The second-order valence-corrected chi connectivity index (χ2v) is 24.2. The Bertz CT molecular complexity index is 2340. The predicted molar refractivity (Wildman–Crippen MR) is 279 cm³/mol. The Hall–Kier alpha value is -4.73. The number of benzene rings is 2. The zero-order valence-corrected chi connectivity index (χ0v) is 44.2. The summed E-state index contributed by atoms with van der Waals surface area (Å²) in [6.07, 6.45) is 14.7. The van der Waals surface area contributed by atoms with Crippen LogP contribution in [0.4, 0.5) is 0 Å². The number of amides is 3. The highest BCUT2D eigenvalue weighted by Gasteiger charge is 2.70. The number of hydrogen-bond donors (Lipinski definition) is 3. The third kappa shape index (κ3) is 12.2. The maximum Gasteiger partial charge on any atom is 0.482 e. The van der Waals surface area contributed by atoms with E-state index in [0.717, 1.165) is 43.6 Å². The van der Waals surface area contributed by atoms with Gasteiger partial charge in [-0.3, -0.25) is 19.2 Å². The van der Waals surface area contributed by atoms with E-state index in [1.54, 1.807) is 4.90 Å². The van der Waals surface area contributed by atoms with Gasteiger partial charge in [-0.2, -0.15) is 5.26 Å². The van der Waals surface area contributed by atoms with Crippen LogP contribution in [0.5, 0.6) is 0 Å². The quantitative estimate of drug-likeness (QED) is 0.123. The van der Waals surface area contributed by atoms with E-state index in [-0.39, 0.29) is 78.0 Å². The smallest absolute Gasteiger partial charge is 0.480 e. The maximum atomic E-state index is 13.3. The summed E-state index contributed by atoms with van der Waals surface area (Å²) >= 11 is 0. The van der Waals surface area contributed by atoms with Crippen molar-refractivity contribution in [1.29, 1.82) is 5.26 Å². The van der Waals surface area contributed by atoms with Gasteiger partial charge >= 0.3 is 26.1 Å². The molecule has 73 heavy (non-hydrogen) atoms. The van der Waals surface area contributed by atoms with Crippen molar-refractivity contribution in [2.75, 3.05) is 19.6 Å². The number of carboxylic acids is 1. The molecule has 3 N–H and O–H groups in total. The summed E-state index contributed by atoms with van der Waals surface area (Å²) in [6.45, 7) is 22.0. The first kappa shape index (κ1) is 54.5. The van der Waals surface area contributed by atoms with Crippen molar-refractivity contribution in [3.63, 3.8) is 0 Å². The van der Waals surface area contributed by atoms with E-state index in [9.17, 15) is 19.2 Å². The Balaban J connectivity index is 0.000000177. The Morgan fingerprint density at radius 1 is 0.726 bits per heavy atom. The highest BCUT2D eigenvalue weighted by Crippen LogP contribution is 2.67. The van der Waals surface area contributed by atoms with Crippen LogP contribution in [0.25, 0.3) is 4.85 Å². The molecule has 0 aromatic heterocycles. The summed E-state index contributed by atoms with van der Waals surface area (Å²) in [6, 6.07) is 22.1. The van der Waals surface area contributed by atoms with Crippen LogP contribution >= 0.6 is 0 Å². The molecular weight excluding hydrogens is 920 g/mol. The molecule has 392 valence electrons. The summed E-state index contributed by atoms with van der Waals surface area (Å²) in [5, 5.41) is 21.9. The minimum absolute atomic E-state index is 0.0303. The van der Waals surface area contributed by atoms with Crippen LogP contribution in [0.2, 0.25) is 0 Å². The summed E-state index contributed by atoms with van der Waals surface area (Å²) in [4.78, 5) is 52.8. The molecule has 0 radical (unpaired) electrons. The van der Waals surface area contributed by atoms with Crippen LogP contribution in [-0.2, 0) is 50.6 Å². The van der Waals surface area contributed by atoms with E-state index in [1.165, 1.54) is 56.6 Å². The number of rotatable bonds is 14. The van der Waals surface area contributed by atoms with E-state index >= 15 is 0 Å². The highest BCUT2D eigenvalue weighted by atomic mass is 16.7. The van der Waals surface area contributed by atoms with Crippen LogP contribution in [0.15, 0.2) is 60.7 Å². The number of piperidine rings is 1. The zero-order chi connectivity index (χ0) is 52.1. The first-order valence-corrected chi connectivity index (χ1v) is 27.4. The predicted octanol–water partition coefficient (Wildman–Crippen LogP) is 8.47. The van der Waals surface area contributed by atoms with Crippen LogP contribution in [0.3, 0.4) is 0 Å². The molecule has 3 heterocycles. The number of hydrogen-bond acceptors (Lipinski definition) is 9. The van der Waals surface area contributed by atoms with E-state index in [4.69, 9.17) is 35.6 Å². The van der Waals surface area contributed by atoms with Crippen molar-refractivity contribution in [1.82, 2.24) is 15.5 Å². The van der Waals surface area contributed by atoms with Crippen LogP contribution in [0, 0.1) is 64.2 Å². The standard InChI is InChI=1S/C28H38BN3O4.C26H38BNO3.C3H3NO2/c1-27(2)21-15-22(27)28(3)23(16-21)35-29(36-28)24(13-19-9-6-5-7-10-19)31-25(33)14-20-11-8-12-32(18-20)26(34)17-30-4;1-25(2)20-16-21(25)26(3)22(17-20)30-27(31-26)23(14-18-10-6-4-7-11-18)28-24(29)15-19-12-8-5-9-13-19;4-2-1-3(5)6/h5-7,9-10,20-24H,8,11-18H2,1-3H3,(H,31,33);4,6-7,10-11,19-23H,5,8-9,12-17H2,1-3H3,(H,28,29);1H2,(H,5,6)/t20-,21+,22+,23-,24+,28+;20-,21-,22+,23-,26-;/m10./s1. The fourth-order valence-electron chi connectivity index (χ4n) is 14.4. The van der Waals surface area contributed by atoms with Crippen LogP contribution in [0.1, 0.15) is 143 Å². The van der Waals surface area contributed by atoms with Crippen molar-refractivity contribution >= 4 is 37.9 Å². The lowest BCUT2D eigenvalue weighted by atomic mass is 9.43. The minimum atomic E-state index is -1.07. The van der Waals surface area contributed by atoms with Gasteiger partial charge in [0.05, 0.1) is 41.4 Å². The van der Waals surface area contributed by atoms with E-state index < -0.39 is 19.5 Å². The summed E-state index contributed by atoms with van der Waals surface area (Å²) in [7, 11) is -0.858. The fourth-order valence-corrected chi connectivity index (χ4v) is 14.4. The van der Waals surface area contributed by atoms with Gasteiger partial charge in [0.2, 0.25) is 11.8 Å². The largest absolute Gasteiger partial charge is 0.482 e. The molecule has 3 amide bonds. The normalized spacial score (nSPS) is 31.8. The lowest BCUT2D eigenvalue weighted by Gasteiger charge is -2.64. The van der Waals surface area contributed by atoms with Gasteiger partial charge < -0.3 is 44.1 Å². The van der Waals surface area contributed by atoms with Gasteiger partial charge in [0.15, 0.2) is 0 Å². The molecule has 7 aliphatic carbocycles. The molecule has 0 spiro atoms. The average molecular weight is 1000 g/mol. The average Bonchev–Trinajstić information content (AvgIpc) is 3.92. The topological polar surface area (TPSA) is 181 Å². The molecule has 3 aliphatic heterocycles. The molecule has 10 fully saturated rings. The molecule has 7 saturated carbocycles. The summed E-state index contributed by atoms with van der Waals surface area (Å²) in [5.74, 6) is 1.51. The lowest BCUT2D eigenvalue weighted by Crippen LogP contribution is -2.65. The van der Waals surface area contributed by atoms with Crippen molar-refractivity contribution in [2.45, 2.75) is 180 Å². The second kappa shape index (κ2) is 23.0. The molecule has 0 unspecified atom stereocenters. The molecule has 12 rings (SSSR count). The number of aliphatic carboxylic acids is 1. The second-order valence-electron chi connectivity index (χ2n) is 24.2. The van der Waals surface area contributed by atoms with Gasteiger partial charge in [0, 0.05) is 25.9 Å². The number of nitriles is 1. The lowest BCUT2D eigenvalue weighted by molar-refractivity contribution is -0.199. The number of nitrogens with zero attached hydrogens (tertiary/aromatic N) is 3. The number of likely N-dealkylation sites (tertiary alicyclic amines) is 1. The first-order valence-electron chi connectivity index (χ1n) is 27.4. The first-order chi connectivity index (χ1) is 34.8. The van der Waals surface area contributed by atoms with Gasteiger partial charge in [-0.05, 0) is 136 Å². The number of carbonyl (C=O) groups is 4. The molecule has 11 atom stereocenters. The SMILES string of the molecule is CC1(C)[C@@H]2C[C@H]3OB([C@H](Cc4ccccc4)NC(=O)CC4CCCCC4)O[C@@]3(C)[C@H]1C2.N#CCC(=O)O.[C-]#[N+]CC(=O)N1CCC[C@H](CC(=O)N[C@@H](Cc2ccccc2)B2O[C@@H]3C[C@@H]4C[C@@H](C4(C)C)[C@]3(C)O2)C1. The summed E-state index contributed by atoms with van der Waals surface area (Å²) in [5.41, 5.74) is 2.36. The Morgan fingerprint density at radius 2 is 1.19 bits per heavy atom. The van der Waals surface area contributed by atoms with Crippen molar-refractivity contribution < 1.29 is 42.9 Å². The fraction of sp³-hybridized carbons (Fsp3) is 0.684. The van der Waals surface area contributed by atoms with Crippen molar-refractivity contribution in [2.24, 2.45) is 46.3 Å². The molecule has 4 bridgehead atoms. The molecular formula is C57H79B2N5O9. The van der Waals surface area contributed by atoms with Gasteiger partial charge in [0.25, 0.3) is 6.54 Å². The summed E-state index contributed by atoms with van der Waals surface area (Å²) < 4.78 is 26.5. The molecule has 16 heteroatoms. The van der Waals surface area contributed by atoms with Crippen LogP contribution in [-0.4, -0.2) is 103 Å². The Labute approximate surface area is 434 Å². The van der Waals surface area contributed by atoms with Crippen LogP contribution < -0.4 is 10.6 Å². The number of carboxylic acid groups (broad SMARTS) is 1.